The van der Waals surface area contributed by atoms with Gasteiger partial charge in [-0.3, -0.25) is 9.59 Å². The fraction of sp³-hybridized carbons (Fsp3) is 0.818. The Bertz CT molecular complexity index is 1480. The zero-order valence-electron chi connectivity index (χ0n) is 49.6. The van der Waals surface area contributed by atoms with Crippen LogP contribution in [0.1, 0.15) is 284 Å². The summed E-state index contributed by atoms with van der Waals surface area (Å²) in [5, 5.41) is 57.0. The van der Waals surface area contributed by atoms with Crippen LogP contribution in [0.4, 0.5) is 0 Å². The molecule has 6 N–H and O–H groups in total. The smallest absolute Gasteiger partial charge is 0.306 e. The van der Waals surface area contributed by atoms with Crippen LogP contribution in [-0.2, 0) is 23.8 Å². The molecule has 8 atom stereocenters. The lowest BCUT2D eigenvalue weighted by molar-refractivity contribution is -0.305. The fourth-order valence-corrected chi connectivity index (χ4v) is 9.81. The molecule has 77 heavy (non-hydrogen) atoms. The molecule has 11 heteroatoms. The zero-order chi connectivity index (χ0) is 56.1. The lowest BCUT2D eigenvalue weighted by Gasteiger charge is -2.41. The van der Waals surface area contributed by atoms with Gasteiger partial charge in [-0.1, -0.05) is 268 Å². The normalized spacial score (nSPS) is 19.4. The molecule has 1 aliphatic heterocycles. The number of ether oxygens (including phenoxy) is 3. The maximum atomic E-state index is 13.4. The van der Waals surface area contributed by atoms with E-state index in [4.69, 9.17) is 14.2 Å². The summed E-state index contributed by atoms with van der Waals surface area (Å²) in [7, 11) is 0. The van der Waals surface area contributed by atoms with Gasteiger partial charge in [-0.05, 0) is 70.6 Å². The third-order valence-electron chi connectivity index (χ3n) is 14.9. The molecule has 0 bridgehead atoms. The summed E-state index contributed by atoms with van der Waals surface area (Å²) in [6, 6.07) is -1.03. The minimum atomic E-state index is -1.63. The zero-order valence-corrected chi connectivity index (χ0v) is 49.6. The Balaban J connectivity index is 2.70. The van der Waals surface area contributed by atoms with Crippen molar-refractivity contribution in [2.24, 2.45) is 0 Å². The third kappa shape index (κ3) is 42.0. The average molecular weight is 1090 g/mol. The second kappa shape index (κ2) is 54.0. The van der Waals surface area contributed by atoms with Crippen molar-refractivity contribution < 1.29 is 49.3 Å². The first-order chi connectivity index (χ1) is 37.7. The summed E-state index contributed by atoms with van der Waals surface area (Å²) < 4.78 is 17.6. The number of aliphatic hydroxyl groups is 5. The predicted octanol–water partition coefficient (Wildman–Crippen LogP) is 15.4. The Hall–Kier alpha value is -2.64. The first-order valence-electron chi connectivity index (χ1n) is 32.1. The Morgan fingerprint density at radius 2 is 0.896 bits per heavy atom. The molecule has 0 aromatic rings. The topological polar surface area (TPSA) is 175 Å². The molecule has 0 spiro atoms. The standard InChI is InChI=1S/C66H119NO10/c1-4-7-10-13-16-19-22-25-27-29-30-31-33-36-39-42-45-48-51-54-61(71)77-64-63(73)62(72)60(55-68)76-66(64)75-56-57(58(69)52-49-46-43-40-37-34-24-21-18-15-12-9-6-3)67-65(74)59(70)53-50-47-44-41-38-35-32-28-26-23-20-17-14-11-8-5-2/h16,19,25,27,30-31,36,39,49,52,57-60,62-64,66,68-70,72-73H,4-15,17-18,20-24,26,28-29,32-35,37-38,40-48,50-51,53-56H2,1-3H3,(H,67,74)/b19-16-,27-25-,31-30-,39-36-,52-49+. The van der Waals surface area contributed by atoms with Gasteiger partial charge in [-0.2, -0.15) is 0 Å². The Labute approximate surface area is 471 Å². The highest BCUT2D eigenvalue weighted by Gasteiger charge is 2.47. The largest absolute Gasteiger partial charge is 0.454 e. The van der Waals surface area contributed by atoms with Crippen LogP contribution in [0, 0.1) is 0 Å². The van der Waals surface area contributed by atoms with Crippen LogP contribution in [0.25, 0.3) is 0 Å². The van der Waals surface area contributed by atoms with E-state index in [2.05, 4.69) is 74.7 Å². The second-order valence-corrected chi connectivity index (χ2v) is 22.1. The molecule has 0 aromatic heterocycles. The van der Waals surface area contributed by atoms with Crippen LogP contribution in [0.15, 0.2) is 60.8 Å². The van der Waals surface area contributed by atoms with Gasteiger partial charge in [0.2, 0.25) is 5.91 Å². The van der Waals surface area contributed by atoms with Crippen LogP contribution in [-0.4, -0.2) is 99.6 Å². The average Bonchev–Trinajstić information content (AvgIpc) is 3.43. The van der Waals surface area contributed by atoms with E-state index in [0.717, 1.165) is 77.0 Å². The van der Waals surface area contributed by atoms with E-state index in [0.29, 0.717) is 19.3 Å². The van der Waals surface area contributed by atoms with Gasteiger partial charge in [-0.25, -0.2) is 0 Å². The number of hydrogen-bond donors (Lipinski definition) is 6. The highest BCUT2D eigenvalue weighted by Crippen LogP contribution is 2.26. The van der Waals surface area contributed by atoms with Crippen LogP contribution >= 0.6 is 0 Å². The molecule has 1 fully saturated rings. The van der Waals surface area contributed by atoms with Crippen molar-refractivity contribution in [3.05, 3.63) is 60.8 Å². The number of carbonyl (C=O) groups excluding carboxylic acids is 2. The SMILES string of the molecule is CCCCC/C=C\C/C=C\C/C=C\C/C=C\CCCCCC(=O)OC1C(OCC(NC(=O)C(O)CCCCCCCCCCCCCCCCCC)C(O)/C=C/CCCCCCCCCCCCC)OC(CO)C(O)C1O. The minimum Gasteiger partial charge on any atom is -0.454 e. The molecule has 0 aromatic carbocycles. The van der Waals surface area contributed by atoms with E-state index >= 15 is 0 Å². The van der Waals surface area contributed by atoms with Gasteiger partial charge >= 0.3 is 5.97 Å². The molecule has 1 rings (SSSR count). The summed E-state index contributed by atoms with van der Waals surface area (Å²) in [5.41, 5.74) is 0. The third-order valence-corrected chi connectivity index (χ3v) is 14.9. The predicted molar refractivity (Wildman–Crippen MR) is 320 cm³/mol. The van der Waals surface area contributed by atoms with Crippen LogP contribution in [0.3, 0.4) is 0 Å². The van der Waals surface area contributed by atoms with Crippen molar-refractivity contribution >= 4 is 11.9 Å². The van der Waals surface area contributed by atoms with Crippen LogP contribution in [0.2, 0.25) is 0 Å². The first-order valence-corrected chi connectivity index (χ1v) is 32.1. The van der Waals surface area contributed by atoms with Crippen molar-refractivity contribution in [2.45, 2.75) is 333 Å². The van der Waals surface area contributed by atoms with Gasteiger partial charge in [0.15, 0.2) is 12.4 Å². The number of unbranched alkanes of at least 4 members (excludes halogenated alkanes) is 32. The van der Waals surface area contributed by atoms with Crippen LogP contribution in [0.5, 0.6) is 0 Å². The Morgan fingerprint density at radius 3 is 1.36 bits per heavy atom. The second-order valence-electron chi connectivity index (χ2n) is 22.1. The van der Waals surface area contributed by atoms with Gasteiger partial charge < -0.3 is 45.1 Å². The van der Waals surface area contributed by atoms with E-state index in [-0.39, 0.29) is 13.0 Å². The number of hydrogen-bond acceptors (Lipinski definition) is 10. The lowest BCUT2D eigenvalue weighted by atomic mass is 9.99. The van der Waals surface area contributed by atoms with E-state index in [1.165, 1.54) is 161 Å². The Morgan fingerprint density at radius 1 is 0.506 bits per heavy atom. The Kier molecular flexibility index (Phi) is 50.7. The molecule has 8 unspecified atom stereocenters. The van der Waals surface area contributed by atoms with Crippen molar-refractivity contribution in [1.29, 1.82) is 0 Å². The van der Waals surface area contributed by atoms with Crippen molar-refractivity contribution in [3.63, 3.8) is 0 Å². The molecule has 11 nitrogen and oxygen atoms in total. The van der Waals surface area contributed by atoms with Gasteiger partial charge in [0.05, 0.1) is 25.4 Å². The summed E-state index contributed by atoms with van der Waals surface area (Å²) in [4.78, 5) is 26.6. The van der Waals surface area contributed by atoms with Gasteiger partial charge in [0, 0.05) is 6.42 Å². The summed E-state index contributed by atoms with van der Waals surface area (Å²) >= 11 is 0. The molecule has 0 saturated carbocycles. The summed E-state index contributed by atoms with van der Waals surface area (Å²) in [6.45, 7) is 5.77. The molecule has 1 amide bonds. The maximum Gasteiger partial charge on any atom is 0.306 e. The minimum absolute atomic E-state index is 0.0860. The number of esters is 1. The fourth-order valence-electron chi connectivity index (χ4n) is 9.81. The van der Waals surface area contributed by atoms with E-state index in [1.807, 2.05) is 6.08 Å². The van der Waals surface area contributed by atoms with E-state index in [1.54, 1.807) is 6.08 Å². The summed E-state index contributed by atoms with van der Waals surface area (Å²) in [6.07, 6.45) is 56.8. The van der Waals surface area contributed by atoms with Gasteiger partial charge in [0.1, 0.15) is 24.4 Å². The van der Waals surface area contributed by atoms with Crippen molar-refractivity contribution in [3.8, 4) is 0 Å². The van der Waals surface area contributed by atoms with Crippen molar-refractivity contribution in [2.75, 3.05) is 13.2 Å². The monoisotopic (exact) mass is 1090 g/mol. The molecular formula is C66H119NO10. The molecule has 0 radical (unpaired) electrons. The molecular weight excluding hydrogens is 967 g/mol. The quantitative estimate of drug-likeness (QED) is 0.0195. The van der Waals surface area contributed by atoms with E-state index in [9.17, 15) is 35.1 Å². The molecule has 448 valence electrons. The lowest BCUT2D eigenvalue weighted by Crippen LogP contribution is -2.61. The first kappa shape index (κ1) is 72.4. The van der Waals surface area contributed by atoms with Gasteiger partial charge in [0.25, 0.3) is 0 Å². The number of rotatable bonds is 54. The number of nitrogens with one attached hydrogen (secondary N) is 1. The number of aliphatic hydroxyl groups excluding tert-OH is 5. The molecule has 1 saturated heterocycles. The van der Waals surface area contributed by atoms with Crippen LogP contribution < -0.4 is 5.32 Å². The van der Waals surface area contributed by atoms with Crippen molar-refractivity contribution in [1.82, 2.24) is 5.32 Å². The molecule has 1 aliphatic rings. The number of allylic oxidation sites excluding steroid dienone is 9. The molecule has 0 aliphatic carbocycles. The molecule has 1 heterocycles. The maximum absolute atomic E-state index is 13.4. The number of amides is 1. The highest BCUT2D eigenvalue weighted by molar-refractivity contribution is 5.80. The summed E-state index contributed by atoms with van der Waals surface area (Å²) in [5.74, 6) is -1.22. The van der Waals surface area contributed by atoms with Gasteiger partial charge in [-0.15, -0.1) is 0 Å². The highest BCUT2D eigenvalue weighted by atomic mass is 16.7. The number of carbonyl (C=O) groups is 2. The van der Waals surface area contributed by atoms with E-state index < -0.39 is 67.4 Å².